The van der Waals surface area contributed by atoms with Gasteiger partial charge in [-0.3, -0.25) is 19.7 Å². The number of aromatic nitrogens is 1. The predicted octanol–water partition coefficient (Wildman–Crippen LogP) is 3.94. The third kappa shape index (κ3) is 4.36. The number of nitrogens with one attached hydrogen (secondary N) is 2. The Balaban J connectivity index is 1.54. The topological polar surface area (TPSA) is 80.2 Å². The first kappa shape index (κ1) is 19.3. The monoisotopic (exact) mass is 425 g/mol. The first-order valence-electron chi connectivity index (χ1n) is 8.83. The van der Waals surface area contributed by atoms with Gasteiger partial charge in [-0.15, -0.1) is 0 Å². The average Bonchev–Trinajstić information content (AvgIpc) is 3.21. The summed E-state index contributed by atoms with van der Waals surface area (Å²) in [6, 6.07) is 14.9. The lowest BCUT2D eigenvalue weighted by Crippen LogP contribution is -2.26. The molecule has 0 unspecified atom stereocenters. The van der Waals surface area contributed by atoms with E-state index in [0.717, 1.165) is 33.8 Å². The molecule has 3 amide bonds. The van der Waals surface area contributed by atoms with Gasteiger partial charge in [0.05, 0.1) is 4.91 Å². The van der Waals surface area contributed by atoms with E-state index in [1.165, 1.54) is 0 Å². The third-order valence-electron chi connectivity index (χ3n) is 4.46. The standard InChI is InChI=1S/C21H16ClN3O3S/c22-15-7-5-13(6-8-15)10-23-19(26)12-25-11-14(16-3-1-2-4-17(16)25)9-18-20(27)24-21(28)29-18/h1-9,11H,10,12H2,(H,23,26)(H,24,27,28)/b18-9-. The molecule has 8 heteroatoms. The molecule has 2 heterocycles. The number of carbonyl (C=O) groups is 3. The van der Waals surface area contributed by atoms with Crippen LogP contribution in [0.2, 0.25) is 5.02 Å². The van der Waals surface area contributed by atoms with Crippen LogP contribution in [0, 0.1) is 0 Å². The molecule has 29 heavy (non-hydrogen) atoms. The van der Waals surface area contributed by atoms with Crippen LogP contribution in [-0.4, -0.2) is 21.6 Å². The molecular formula is C21H16ClN3O3S. The molecule has 0 atom stereocenters. The number of rotatable bonds is 5. The van der Waals surface area contributed by atoms with Gasteiger partial charge in [-0.25, -0.2) is 0 Å². The highest BCUT2D eigenvalue weighted by Gasteiger charge is 2.25. The molecule has 1 saturated heterocycles. The molecule has 6 nitrogen and oxygen atoms in total. The average molecular weight is 426 g/mol. The van der Waals surface area contributed by atoms with Crippen LogP contribution >= 0.6 is 23.4 Å². The third-order valence-corrected chi connectivity index (χ3v) is 5.53. The molecule has 4 rings (SSSR count). The Labute approximate surface area is 175 Å². The minimum Gasteiger partial charge on any atom is -0.350 e. The lowest BCUT2D eigenvalue weighted by Gasteiger charge is -2.07. The number of thioether (sulfide) groups is 1. The van der Waals surface area contributed by atoms with Crippen LogP contribution in [0.4, 0.5) is 4.79 Å². The number of para-hydroxylation sites is 1. The van der Waals surface area contributed by atoms with E-state index in [0.29, 0.717) is 16.5 Å². The lowest BCUT2D eigenvalue weighted by atomic mass is 10.1. The Bertz CT molecular complexity index is 1150. The van der Waals surface area contributed by atoms with Crippen LogP contribution in [0.3, 0.4) is 0 Å². The first-order valence-corrected chi connectivity index (χ1v) is 10.0. The molecule has 0 bridgehead atoms. The molecule has 1 aliphatic heterocycles. The molecule has 2 N–H and O–H groups in total. The van der Waals surface area contributed by atoms with Crippen molar-refractivity contribution in [3.8, 4) is 0 Å². The van der Waals surface area contributed by atoms with Gasteiger partial charge in [0.1, 0.15) is 6.54 Å². The van der Waals surface area contributed by atoms with Gasteiger partial charge in [0, 0.05) is 34.2 Å². The number of hydrogen-bond donors (Lipinski definition) is 2. The zero-order valence-corrected chi connectivity index (χ0v) is 16.7. The van der Waals surface area contributed by atoms with Crippen molar-refractivity contribution in [2.45, 2.75) is 13.1 Å². The fraction of sp³-hybridized carbons (Fsp3) is 0.0952. The first-order chi connectivity index (χ1) is 14.0. The maximum absolute atomic E-state index is 12.5. The second-order valence-electron chi connectivity index (χ2n) is 6.48. The second-order valence-corrected chi connectivity index (χ2v) is 7.94. The molecule has 1 fully saturated rings. The number of nitrogens with zero attached hydrogens (tertiary/aromatic N) is 1. The Morgan fingerprint density at radius 2 is 1.90 bits per heavy atom. The molecule has 3 aromatic rings. The highest BCUT2D eigenvalue weighted by molar-refractivity contribution is 8.18. The van der Waals surface area contributed by atoms with Gasteiger partial charge in [-0.2, -0.15) is 0 Å². The molecule has 146 valence electrons. The summed E-state index contributed by atoms with van der Waals surface area (Å²) in [6.45, 7) is 0.542. The van der Waals surface area contributed by atoms with Gasteiger partial charge in [0.2, 0.25) is 5.91 Å². The van der Waals surface area contributed by atoms with Gasteiger partial charge < -0.3 is 9.88 Å². The van der Waals surface area contributed by atoms with Crippen LogP contribution in [0.25, 0.3) is 17.0 Å². The summed E-state index contributed by atoms with van der Waals surface area (Å²) in [5.74, 6) is -0.541. The summed E-state index contributed by atoms with van der Waals surface area (Å²) in [4.78, 5) is 36.0. The quantitative estimate of drug-likeness (QED) is 0.607. The van der Waals surface area contributed by atoms with Gasteiger partial charge >= 0.3 is 0 Å². The van der Waals surface area contributed by atoms with Crippen molar-refractivity contribution in [2.24, 2.45) is 0 Å². The Morgan fingerprint density at radius 3 is 2.62 bits per heavy atom. The maximum atomic E-state index is 12.5. The van der Waals surface area contributed by atoms with Gasteiger partial charge in [0.15, 0.2) is 0 Å². The SMILES string of the molecule is O=C(Cn1cc(/C=C2\SC(=O)NC2=O)c2ccccc21)NCc1ccc(Cl)cc1. The van der Waals surface area contributed by atoms with E-state index in [4.69, 9.17) is 11.6 Å². The van der Waals surface area contributed by atoms with Gasteiger partial charge in [-0.1, -0.05) is 41.9 Å². The zero-order chi connectivity index (χ0) is 20.4. The van der Waals surface area contributed by atoms with E-state index in [9.17, 15) is 14.4 Å². The van der Waals surface area contributed by atoms with Crippen molar-refractivity contribution >= 4 is 57.4 Å². The molecule has 0 aliphatic carbocycles. The van der Waals surface area contributed by atoms with E-state index in [2.05, 4.69) is 10.6 Å². The number of benzene rings is 2. The highest BCUT2D eigenvalue weighted by Crippen LogP contribution is 2.29. The Kier molecular flexibility index (Phi) is 5.42. The molecule has 1 aliphatic rings. The highest BCUT2D eigenvalue weighted by atomic mass is 35.5. The van der Waals surface area contributed by atoms with Crippen LogP contribution in [0.5, 0.6) is 0 Å². The maximum Gasteiger partial charge on any atom is 0.290 e. The van der Waals surface area contributed by atoms with E-state index in [-0.39, 0.29) is 17.7 Å². The van der Waals surface area contributed by atoms with E-state index >= 15 is 0 Å². The van der Waals surface area contributed by atoms with Crippen molar-refractivity contribution in [1.29, 1.82) is 0 Å². The number of hydrogen-bond acceptors (Lipinski definition) is 4. The van der Waals surface area contributed by atoms with Crippen LogP contribution in [-0.2, 0) is 22.7 Å². The number of imide groups is 1. The summed E-state index contributed by atoms with van der Waals surface area (Å²) >= 11 is 6.75. The predicted molar refractivity (Wildman–Crippen MR) is 114 cm³/mol. The van der Waals surface area contributed by atoms with E-state index < -0.39 is 5.91 Å². The number of carbonyl (C=O) groups excluding carboxylic acids is 3. The van der Waals surface area contributed by atoms with E-state index in [1.54, 1.807) is 18.2 Å². The van der Waals surface area contributed by atoms with Crippen molar-refractivity contribution in [3.05, 3.63) is 75.8 Å². The number of halogens is 1. The molecule has 0 spiro atoms. The van der Waals surface area contributed by atoms with Gasteiger partial charge in [0.25, 0.3) is 11.1 Å². The van der Waals surface area contributed by atoms with Crippen LogP contribution in [0.15, 0.2) is 59.6 Å². The van der Waals surface area contributed by atoms with Crippen molar-refractivity contribution in [3.63, 3.8) is 0 Å². The number of amides is 3. The fourth-order valence-electron chi connectivity index (χ4n) is 3.10. The van der Waals surface area contributed by atoms with Gasteiger partial charge in [-0.05, 0) is 41.6 Å². The molecule has 0 saturated carbocycles. The largest absolute Gasteiger partial charge is 0.350 e. The molecule has 0 radical (unpaired) electrons. The van der Waals surface area contributed by atoms with E-state index in [1.807, 2.05) is 47.2 Å². The fourth-order valence-corrected chi connectivity index (χ4v) is 3.90. The summed E-state index contributed by atoms with van der Waals surface area (Å²) in [5, 5.41) is 6.31. The van der Waals surface area contributed by atoms with Crippen molar-refractivity contribution in [2.75, 3.05) is 0 Å². The molecule has 1 aromatic heterocycles. The second kappa shape index (κ2) is 8.14. The normalized spacial score (nSPS) is 15.1. The number of fused-ring (bicyclic) bond motifs is 1. The molecule has 2 aromatic carbocycles. The minimum atomic E-state index is -0.405. The minimum absolute atomic E-state index is 0.134. The Morgan fingerprint density at radius 1 is 1.14 bits per heavy atom. The summed E-state index contributed by atoms with van der Waals surface area (Å²) < 4.78 is 1.83. The summed E-state index contributed by atoms with van der Waals surface area (Å²) in [5.41, 5.74) is 2.61. The Hall–Kier alpha value is -3.03. The van der Waals surface area contributed by atoms with Crippen molar-refractivity contribution in [1.82, 2.24) is 15.2 Å². The molecular weight excluding hydrogens is 410 g/mol. The summed E-state index contributed by atoms with van der Waals surface area (Å²) in [6.07, 6.45) is 3.49. The van der Waals surface area contributed by atoms with Crippen molar-refractivity contribution < 1.29 is 14.4 Å². The smallest absolute Gasteiger partial charge is 0.290 e. The van der Waals surface area contributed by atoms with Crippen LogP contribution in [0.1, 0.15) is 11.1 Å². The summed E-state index contributed by atoms with van der Waals surface area (Å²) in [7, 11) is 0. The van der Waals surface area contributed by atoms with Crippen LogP contribution < -0.4 is 10.6 Å². The zero-order valence-electron chi connectivity index (χ0n) is 15.1. The lowest BCUT2D eigenvalue weighted by molar-refractivity contribution is -0.121.